The third-order valence-electron chi connectivity index (χ3n) is 2.51. The summed E-state index contributed by atoms with van der Waals surface area (Å²) in [6.45, 7) is -0.460. The lowest BCUT2D eigenvalue weighted by molar-refractivity contribution is 0.257. The number of rotatable bonds is 4. The van der Waals surface area contributed by atoms with Crippen LogP contribution in [0.1, 0.15) is 11.1 Å². The number of halogens is 3. The van der Waals surface area contributed by atoms with Crippen molar-refractivity contribution in [2.45, 2.75) is 13.2 Å². The highest BCUT2D eigenvalue weighted by Gasteiger charge is 2.06. The zero-order chi connectivity index (χ0) is 13.8. The van der Waals surface area contributed by atoms with Crippen molar-refractivity contribution < 1.29 is 23.0 Å². The van der Waals surface area contributed by atoms with Gasteiger partial charge in [0, 0.05) is 11.6 Å². The Morgan fingerprint density at radius 3 is 2.21 bits per heavy atom. The zero-order valence-corrected chi connectivity index (χ0v) is 9.87. The summed E-state index contributed by atoms with van der Waals surface area (Å²) in [5.74, 6) is -1.61. The minimum absolute atomic E-state index is 0.0761. The first-order valence-electron chi connectivity index (χ1n) is 5.55. The van der Waals surface area contributed by atoms with Gasteiger partial charge in [-0.15, -0.1) is 0 Å². The maximum absolute atomic E-state index is 13.0. The summed E-state index contributed by atoms with van der Waals surface area (Å²) in [7, 11) is 0. The van der Waals surface area contributed by atoms with E-state index in [1.54, 1.807) is 0 Å². The average Bonchev–Trinajstić information content (AvgIpc) is 2.36. The Balaban J connectivity index is 2.14. The van der Waals surface area contributed by atoms with E-state index in [1.807, 2.05) is 0 Å². The fourth-order valence-corrected chi connectivity index (χ4v) is 1.67. The van der Waals surface area contributed by atoms with Crippen molar-refractivity contribution in [1.82, 2.24) is 0 Å². The minimum atomic E-state index is -0.694. The number of aliphatic hydroxyl groups is 1. The summed E-state index contributed by atoms with van der Waals surface area (Å²) in [6, 6.07) is 6.73. The van der Waals surface area contributed by atoms with Gasteiger partial charge in [-0.05, 0) is 35.9 Å². The summed E-state index contributed by atoms with van der Waals surface area (Å²) in [5.41, 5.74) is 0.586. The maximum Gasteiger partial charge on any atom is 0.126 e. The largest absolute Gasteiger partial charge is 0.489 e. The molecule has 0 aliphatic heterocycles. The van der Waals surface area contributed by atoms with E-state index in [9.17, 15) is 13.2 Å². The fourth-order valence-electron chi connectivity index (χ4n) is 1.67. The molecule has 0 amide bonds. The number of benzene rings is 2. The summed E-state index contributed by atoms with van der Waals surface area (Å²) < 4.78 is 44.2. The molecule has 2 aromatic carbocycles. The maximum atomic E-state index is 13.0. The Kier molecular flexibility index (Phi) is 4.06. The van der Waals surface area contributed by atoms with Crippen LogP contribution >= 0.6 is 0 Å². The van der Waals surface area contributed by atoms with Crippen molar-refractivity contribution in [3.63, 3.8) is 0 Å². The van der Waals surface area contributed by atoms with Gasteiger partial charge in [0.2, 0.25) is 0 Å². The predicted octanol–water partition coefficient (Wildman–Crippen LogP) is 3.18. The molecule has 0 bridgehead atoms. The van der Waals surface area contributed by atoms with E-state index in [-0.39, 0.29) is 24.5 Å². The SMILES string of the molecule is OCc1cc(F)ccc1OCc1cc(F)cc(F)c1. The standard InChI is InChI=1S/C14H11F3O2/c15-11-1-2-14(10(5-11)7-18)19-8-9-3-12(16)6-13(17)4-9/h1-6,18H,7-8H2. The molecule has 0 aromatic heterocycles. The van der Waals surface area contributed by atoms with Crippen LogP contribution in [0.15, 0.2) is 36.4 Å². The molecule has 0 radical (unpaired) electrons. The summed E-state index contributed by atoms with van der Waals surface area (Å²) in [5, 5.41) is 9.06. The van der Waals surface area contributed by atoms with Gasteiger partial charge < -0.3 is 9.84 Å². The first-order chi connectivity index (χ1) is 9.08. The van der Waals surface area contributed by atoms with Gasteiger partial charge in [0.05, 0.1) is 6.61 Å². The van der Waals surface area contributed by atoms with Crippen molar-refractivity contribution >= 4 is 0 Å². The normalized spacial score (nSPS) is 10.5. The molecule has 0 atom stereocenters. The van der Waals surface area contributed by atoms with Gasteiger partial charge in [0.25, 0.3) is 0 Å². The van der Waals surface area contributed by atoms with Crippen LogP contribution in [0.4, 0.5) is 13.2 Å². The van der Waals surface area contributed by atoms with Gasteiger partial charge in [-0.1, -0.05) is 0 Å². The summed E-state index contributed by atoms with van der Waals surface area (Å²) >= 11 is 0. The third-order valence-corrected chi connectivity index (χ3v) is 2.51. The van der Waals surface area contributed by atoms with E-state index in [0.29, 0.717) is 5.56 Å². The van der Waals surface area contributed by atoms with Crippen molar-refractivity contribution in [3.8, 4) is 5.75 Å². The predicted molar refractivity (Wildman–Crippen MR) is 63.0 cm³/mol. The number of hydrogen-bond donors (Lipinski definition) is 1. The Hall–Kier alpha value is -2.01. The molecule has 2 aromatic rings. The number of aliphatic hydroxyl groups excluding tert-OH is 1. The van der Waals surface area contributed by atoms with Gasteiger partial charge in [-0.2, -0.15) is 0 Å². The van der Waals surface area contributed by atoms with Crippen LogP contribution in [0.25, 0.3) is 0 Å². The fraction of sp³-hybridized carbons (Fsp3) is 0.143. The zero-order valence-electron chi connectivity index (χ0n) is 9.87. The second-order valence-corrected chi connectivity index (χ2v) is 3.98. The average molecular weight is 268 g/mol. The molecular weight excluding hydrogens is 257 g/mol. The molecule has 0 aliphatic carbocycles. The van der Waals surface area contributed by atoms with E-state index in [0.717, 1.165) is 24.3 Å². The Morgan fingerprint density at radius 1 is 0.895 bits per heavy atom. The Morgan fingerprint density at radius 2 is 1.58 bits per heavy atom. The molecule has 0 saturated heterocycles. The van der Waals surface area contributed by atoms with Crippen LogP contribution in [0.5, 0.6) is 5.75 Å². The van der Waals surface area contributed by atoms with Crippen molar-refractivity contribution in [2.75, 3.05) is 0 Å². The second kappa shape index (κ2) is 5.75. The van der Waals surface area contributed by atoms with Crippen molar-refractivity contribution in [1.29, 1.82) is 0 Å². The molecule has 0 saturated carbocycles. The monoisotopic (exact) mass is 268 g/mol. The van der Waals surface area contributed by atoms with Gasteiger partial charge in [0.1, 0.15) is 29.8 Å². The number of ether oxygens (including phenoxy) is 1. The lowest BCUT2D eigenvalue weighted by Gasteiger charge is -2.10. The highest BCUT2D eigenvalue weighted by atomic mass is 19.1. The lowest BCUT2D eigenvalue weighted by Crippen LogP contribution is -2.00. The smallest absolute Gasteiger partial charge is 0.126 e. The highest BCUT2D eigenvalue weighted by Crippen LogP contribution is 2.21. The van der Waals surface area contributed by atoms with Crippen LogP contribution in [-0.4, -0.2) is 5.11 Å². The van der Waals surface area contributed by atoms with Crippen molar-refractivity contribution in [2.24, 2.45) is 0 Å². The molecule has 0 unspecified atom stereocenters. The first-order valence-corrected chi connectivity index (χ1v) is 5.55. The van der Waals surface area contributed by atoms with Crippen LogP contribution in [0.2, 0.25) is 0 Å². The minimum Gasteiger partial charge on any atom is -0.489 e. The quantitative estimate of drug-likeness (QED) is 0.922. The highest BCUT2D eigenvalue weighted by molar-refractivity contribution is 5.33. The van der Waals surface area contributed by atoms with Gasteiger partial charge in [-0.25, -0.2) is 13.2 Å². The van der Waals surface area contributed by atoms with E-state index in [4.69, 9.17) is 9.84 Å². The molecule has 0 heterocycles. The van der Waals surface area contributed by atoms with E-state index in [2.05, 4.69) is 0 Å². The van der Waals surface area contributed by atoms with E-state index in [1.165, 1.54) is 12.1 Å². The van der Waals surface area contributed by atoms with Crippen molar-refractivity contribution in [3.05, 3.63) is 65.0 Å². The van der Waals surface area contributed by atoms with Gasteiger partial charge in [-0.3, -0.25) is 0 Å². The molecular formula is C14H11F3O2. The summed E-state index contributed by atoms with van der Waals surface area (Å²) in [6.07, 6.45) is 0. The lowest BCUT2D eigenvalue weighted by atomic mass is 10.2. The van der Waals surface area contributed by atoms with Gasteiger partial charge in [0.15, 0.2) is 0 Å². The molecule has 2 nitrogen and oxygen atoms in total. The third kappa shape index (κ3) is 3.48. The van der Waals surface area contributed by atoms with Crippen LogP contribution in [0, 0.1) is 17.5 Å². The van der Waals surface area contributed by atoms with Gasteiger partial charge >= 0.3 is 0 Å². The topological polar surface area (TPSA) is 29.5 Å². The van der Waals surface area contributed by atoms with E-state index >= 15 is 0 Å². The molecule has 0 spiro atoms. The molecule has 0 fully saturated rings. The summed E-state index contributed by atoms with van der Waals surface area (Å²) in [4.78, 5) is 0. The second-order valence-electron chi connectivity index (χ2n) is 3.98. The molecule has 0 aliphatic rings. The van der Waals surface area contributed by atoms with Crippen LogP contribution in [-0.2, 0) is 13.2 Å². The van der Waals surface area contributed by atoms with Crippen LogP contribution in [0.3, 0.4) is 0 Å². The van der Waals surface area contributed by atoms with Crippen LogP contribution < -0.4 is 4.74 Å². The number of hydrogen-bond acceptors (Lipinski definition) is 2. The molecule has 2 rings (SSSR count). The molecule has 5 heteroatoms. The molecule has 1 N–H and O–H groups in total. The molecule has 100 valence electrons. The molecule has 19 heavy (non-hydrogen) atoms. The Labute approximate surface area is 108 Å². The van der Waals surface area contributed by atoms with E-state index < -0.39 is 17.5 Å². The first kappa shape index (κ1) is 13.4. The Bertz CT molecular complexity index is 565.